The van der Waals surface area contributed by atoms with Crippen molar-refractivity contribution >= 4 is 28.7 Å². The van der Waals surface area contributed by atoms with Crippen molar-refractivity contribution in [3.63, 3.8) is 0 Å². The zero-order valence-corrected chi connectivity index (χ0v) is 25.6. The first kappa shape index (κ1) is 30.5. The van der Waals surface area contributed by atoms with Crippen LogP contribution in [0.4, 0.5) is 18.0 Å². The predicted molar refractivity (Wildman–Crippen MR) is 161 cm³/mol. The van der Waals surface area contributed by atoms with Gasteiger partial charge in [0.1, 0.15) is 17.2 Å². The minimum Gasteiger partial charge on any atom is -0.435 e. The molecule has 6 rings (SSSR count). The molecule has 0 bridgehead atoms. The van der Waals surface area contributed by atoms with Gasteiger partial charge in [-0.05, 0) is 50.5 Å². The molecule has 1 saturated heterocycles. The molecule has 4 aromatic rings. The normalized spacial score (nSPS) is 24.7. The third-order valence-corrected chi connectivity index (χ3v) is 10.5. The van der Waals surface area contributed by atoms with Crippen molar-refractivity contribution < 1.29 is 32.3 Å². The van der Waals surface area contributed by atoms with Crippen LogP contribution in [0.1, 0.15) is 81.2 Å². The quantitative estimate of drug-likeness (QED) is 0.200. The van der Waals surface area contributed by atoms with Crippen molar-refractivity contribution in [2.45, 2.75) is 90.0 Å². The van der Waals surface area contributed by atoms with Gasteiger partial charge in [0.15, 0.2) is 0 Å². The molecule has 0 spiro atoms. The van der Waals surface area contributed by atoms with Gasteiger partial charge in [-0.2, -0.15) is 18.7 Å². The molecule has 3 aromatic heterocycles. The number of hydrogen-bond acceptors (Lipinski definition) is 4. The van der Waals surface area contributed by atoms with Crippen LogP contribution in [0.5, 0.6) is 5.75 Å². The average Bonchev–Trinajstić information content (AvgIpc) is 3.71. The number of hydrogen-bond donors (Lipinski definition) is 2. The molecule has 1 aromatic carbocycles. The number of halogens is 4. The number of ether oxygens (including phenoxy) is 1. The summed E-state index contributed by atoms with van der Waals surface area (Å²) in [6.45, 7) is 3.47. The van der Waals surface area contributed by atoms with Crippen LogP contribution in [0.15, 0.2) is 36.8 Å². The highest BCUT2D eigenvalue weighted by Crippen LogP contribution is 2.43. The van der Waals surface area contributed by atoms with Crippen LogP contribution >= 0.6 is 11.6 Å². The molecule has 0 radical (unpaired) electrons. The third-order valence-electron chi connectivity index (χ3n) is 10.1. The van der Waals surface area contributed by atoms with Crippen LogP contribution < -0.4 is 4.74 Å². The number of pyridine rings is 1. The average molecular weight is 631 g/mol. The maximum absolute atomic E-state index is 14.4. The van der Waals surface area contributed by atoms with Crippen molar-refractivity contribution in [2.24, 2.45) is 0 Å². The van der Waals surface area contributed by atoms with E-state index in [0.717, 1.165) is 72.9 Å². The van der Waals surface area contributed by atoms with Gasteiger partial charge in [0.25, 0.3) is 0 Å². The molecular formula is C32H36ClF3N5O3+. The van der Waals surface area contributed by atoms with Crippen LogP contribution in [0, 0.1) is 12.7 Å². The molecule has 2 aliphatic rings. The van der Waals surface area contributed by atoms with Crippen molar-refractivity contribution in [1.29, 1.82) is 0 Å². The Bertz CT molecular complexity index is 1700. The Labute approximate surface area is 258 Å². The number of amides is 1. The highest BCUT2D eigenvalue weighted by molar-refractivity contribution is 6.31. The Morgan fingerprint density at radius 2 is 1.95 bits per heavy atom. The number of benzene rings is 1. The van der Waals surface area contributed by atoms with Gasteiger partial charge in [-0.3, -0.25) is 4.68 Å². The topological polar surface area (TPSA) is 93.0 Å². The number of aromatic nitrogens is 4. The summed E-state index contributed by atoms with van der Waals surface area (Å²) in [5.41, 5.74) is 4.16. The number of aromatic amines is 1. The maximum Gasteiger partial charge on any atom is 0.514 e. The summed E-state index contributed by atoms with van der Waals surface area (Å²) in [7, 11) is 0. The number of nitrogens with one attached hydrogen (secondary N) is 1. The lowest BCUT2D eigenvalue weighted by atomic mass is 9.88. The largest absolute Gasteiger partial charge is 0.514 e. The van der Waals surface area contributed by atoms with Crippen LogP contribution in [0.25, 0.3) is 22.2 Å². The number of alkyl halides is 2. The van der Waals surface area contributed by atoms with Crippen molar-refractivity contribution in [1.82, 2.24) is 19.7 Å². The smallest absolute Gasteiger partial charge is 0.435 e. The summed E-state index contributed by atoms with van der Waals surface area (Å²) in [5.74, 6) is -1.49. The lowest BCUT2D eigenvalue weighted by Gasteiger charge is -2.43. The fraction of sp³-hybridized carbons (Fsp3) is 0.469. The Balaban J connectivity index is 1.27. The van der Waals surface area contributed by atoms with Crippen LogP contribution in [0.2, 0.25) is 5.02 Å². The van der Waals surface area contributed by atoms with Crippen molar-refractivity contribution in [3.05, 3.63) is 64.5 Å². The second kappa shape index (κ2) is 11.7. The zero-order chi connectivity index (χ0) is 31.3. The zero-order valence-electron chi connectivity index (χ0n) is 24.9. The number of fused-ring (bicyclic) bond motifs is 1. The van der Waals surface area contributed by atoms with E-state index in [1.807, 2.05) is 19.2 Å². The predicted octanol–water partition coefficient (Wildman–Crippen LogP) is 8.44. The van der Waals surface area contributed by atoms with Crippen molar-refractivity contribution in [2.75, 3.05) is 6.54 Å². The summed E-state index contributed by atoms with van der Waals surface area (Å²) in [4.78, 5) is 20.1. The van der Waals surface area contributed by atoms with E-state index in [9.17, 15) is 23.1 Å². The fourth-order valence-corrected chi connectivity index (χ4v) is 8.08. The second-order valence-electron chi connectivity index (χ2n) is 12.2. The highest BCUT2D eigenvalue weighted by Gasteiger charge is 2.52. The van der Waals surface area contributed by atoms with E-state index in [1.54, 1.807) is 19.3 Å². The van der Waals surface area contributed by atoms with Gasteiger partial charge < -0.3 is 14.8 Å². The van der Waals surface area contributed by atoms with E-state index in [2.05, 4.69) is 26.3 Å². The van der Waals surface area contributed by atoms with Crippen molar-refractivity contribution in [3.8, 4) is 16.9 Å². The molecule has 1 aliphatic carbocycles. The standard InChI is InChI=1S/C32H35ClF3N5O3/c1-17-5-4-12-41(17,32(42)43)22-8-6-21(7-9-22)40-19(3)25(16-39-40)20-13-23-24(15-38-30(23)37-14-20)18(2)28-27(44-31(35)36)11-10-26(34)29(28)33/h10-11,13-18,21-22,31H,4-9,12H2,1-3H3,(H-,37,38,42,43)/p+1/t17-,18+,21?,22?,41-/m1/s1. The molecule has 234 valence electrons. The van der Waals surface area contributed by atoms with Crippen LogP contribution in [0.3, 0.4) is 0 Å². The number of H-pyrrole nitrogens is 1. The van der Waals surface area contributed by atoms with Gasteiger partial charge in [-0.15, -0.1) is 0 Å². The molecule has 8 nitrogen and oxygen atoms in total. The molecule has 1 aliphatic heterocycles. The van der Waals surface area contributed by atoms with Gasteiger partial charge in [0.05, 0.1) is 35.9 Å². The first-order valence-corrected chi connectivity index (χ1v) is 15.5. The summed E-state index contributed by atoms with van der Waals surface area (Å²) in [5, 5.41) is 15.4. The summed E-state index contributed by atoms with van der Waals surface area (Å²) in [6, 6.07) is 4.57. The molecule has 3 atom stereocenters. The van der Waals surface area contributed by atoms with Gasteiger partial charge in [0, 0.05) is 71.8 Å². The lowest BCUT2D eigenvalue weighted by Crippen LogP contribution is -2.61. The van der Waals surface area contributed by atoms with E-state index < -0.39 is 24.4 Å². The van der Waals surface area contributed by atoms with Gasteiger partial charge in [-0.25, -0.2) is 13.9 Å². The molecule has 1 amide bonds. The second-order valence-corrected chi connectivity index (χ2v) is 12.6. The SMILES string of the molecule is Cc1c(-c2cnc3[nH]cc([C@H](C)c4c(OC(F)F)ccc(F)c4Cl)c3c2)cnn1C1CCC([N@@+]2(C(=O)O)CCC[C@H]2C)CC1. The van der Waals surface area contributed by atoms with E-state index in [-0.39, 0.29) is 38.9 Å². The van der Waals surface area contributed by atoms with Gasteiger partial charge >= 0.3 is 12.7 Å². The molecule has 4 heterocycles. The number of likely N-dealkylation sites (tertiary alicyclic amines) is 1. The third kappa shape index (κ3) is 5.03. The lowest BCUT2D eigenvalue weighted by molar-refractivity contribution is -0.893. The molecule has 44 heavy (non-hydrogen) atoms. The number of quaternary nitrogens is 1. The monoisotopic (exact) mass is 630 g/mol. The number of carboxylic acid groups (broad SMARTS) is 1. The van der Waals surface area contributed by atoms with Crippen LogP contribution in [-0.4, -0.2) is 60.7 Å². The number of rotatable bonds is 7. The first-order valence-electron chi connectivity index (χ1n) is 15.1. The molecule has 2 fully saturated rings. The Kier molecular flexibility index (Phi) is 8.13. The Morgan fingerprint density at radius 3 is 2.61 bits per heavy atom. The number of carbonyl (C=O) groups is 1. The molecule has 12 heteroatoms. The highest BCUT2D eigenvalue weighted by atomic mass is 35.5. The molecule has 1 saturated carbocycles. The van der Waals surface area contributed by atoms with E-state index in [0.29, 0.717) is 17.8 Å². The number of nitrogens with zero attached hydrogens (tertiary/aromatic N) is 4. The molecular weight excluding hydrogens is 595 g/mol. The molecule has 0 unspecified atom stereocenters. The Hall–Kier alpha value is -3.57. The van der Waals surface area contributed by atoms with Gasteiger partial charge in [-0.1, -0.05) is 18.5 Å². The minimum atomic E-state index is -3.09. The summed E-state index contributed by atoms with van der Waals surface area (Å²) >= 11 is 6.28. The maximum atomic E-state index is 14.4. The Morgan fingerprint density at radius 1 is 1.20 bits per heavy atom. The van der Waals surface area contributed by atoms with Crippen LogP contribution in [-0.2, 0) is 0 Å². The van der Waals surface area contributed by atoms with E-state index in [4.69, 9.17) is 16.7 Å². The van der Waals surface area contributed by atoms with Gasteiger partial charge in [0.2, 0.25) is 0 Å². The minimum absolute atomic E-state index is 0.121. The molecule has 2 N–H and O–H groups in total. The fourth-order valence-electron chi connectivity index (χ4n) is 7.76. The van der Waals surface area contributed by atoms with E-state index in [1.165, 1.54) is 0 Å². The first-order chi connectivity index (χ1) is 21.0. The van der Waals surface area contributed by atoms with E-state index >= 15 is 0 Å². The summed E-state index contributed by atoms with van der Waals surface area (Å²) < 4.78 is 47.7. The summed E-state index contributed by atoms with van der Waals surface area (Å²) in [6.07, 6.45) is 9.92.